The molecule has 0 aliphatic heterocycles. The van der Waals surface area contributed by atoms with Crippen LogP contribution in [0.25, 0.3) is 0 Å². The van der Waals surface area contributed by atoms with Gasteiger partial charge in [-0.15, -0.1) is 0 Å². The zero-order chi connectivity index (χ0) is 15.3. The molecule has 0 bridgehead atoms. The monoisotopic (exact) mass is 278 g/mol. The predicted octanol–water partition coefficient (Wildman–Crippen LogP) is 2.57. The van der Waals surface area contributed by atoms with Crippen molar-refractivity contribution in [1.29, 1.82) is 0 Å². The third kappa shape index (κ3) is 5.21. The minimum Gasteiger partial charge on any atom is -0.483 e. The molecular weight excluding hydrogens is 252 g/mol. The Morgan fingerprint density at radius 2 is 2.00 bits per heavy atom. The van der Waals surface area contributed by atoms with Crippen molar-refractivity contribution >= 4 is 5.91 Å². The number of hydrogen-bond donors (Lipinski definition) is 2. The second kappa shape index (κ2) is 6.75. The van der Waals surface area contributed by atoms with E-state index in [0.717, 1.165) is 11.3 Å². The Bertz CT molecular complexity index is 464. The van der Waals surface area contributed by atoms with Gasteiger partial charge in [-0.25, -0.2) is 0 Å². The van der Waals surface area contributed by atoms with E-state index in [1.807, 2.05) is 46.9 Å². The predicted molar refractivity (Wildman–Crippen MR) is 82.0 cm³/mol. The van der Waals surface area contributed by atoms with E-state index in [0.29, 0.717) is 0 Å². The van der Waals surface area contributed by atoms with Crippen molar-refractivity contribution in [1.82, 2.24) is 10.6 Å². The zero-order valence-electron chi connectivity index (χ0n) is 13.3. The van der Waals surface area contributed by atoms with Crippen LogP contribution in [0.5, 0.6) is 5.75 Å². The maximum Gasteiger partial charge on any atom is 0.258 e. The number of nitrogens with one attached hydrogen (secondary N) is 2. The van der Waals surface area contributed by atoms with Crippen LogP contribution in [0.4, 0.5) is 0 Å². The van der Waals surface area contributed by atoms with E-state index < -0.39 is 0 Å². The van der Waals surface area contributed by atoms with Crippen LogP contribution in [-0.4, -0.2) is 25.1 Å². The van der Waals surface area contributed by atoms with Gasteiger partial charge in [-0.1, -0.05) is 17.7 Å². The molecule has 1 rings (SSSR count). The SMILES string of the molecule is CNC(C)c1cc(C)ccc1OCC(=O)NC(C)(C)C. The van der Waals surface area contributed by atoms with Crippen molar-refractivity contribution in [3.8, 4) is 5.75 Å². The Morgan fingerprint density at radius 3 is 2.55 bits per heavy atom. The van der Waals surface area contributed by atoms with Crippen LogP contribution in [-0.2, 0) is 4.79 Å². The highest BCUT2D eigenvalue weighted by molar-refractivity contribution is 5.78. The molecule has 0 saturated heterocycles. The van der Waals surface area contributed by atoms with Crippen LogP contribution >= 0.6 is 0 Å². The lowest BCUT2D eigenvalue weighted by Crippen LogP contribution is -2.43. The van der Waals surface area contributed by atoms with Crippen LogP contribution < -0.4 is 15.4 Å². The Hall–Kier alpha value is -1.55. The summed E-state index contributed by atoms with van der Waals surface area (Å²) in [7, 11) is 1.91. The fourth-order valence-electron chi connectivity index (χ4n) is 1.89. The molecule has 20 heavy (non-hydrogen) atoms. The molecule has 4 nitrogen and oxygen atoms in total. The quantitative estimate of drug-likeness (QED) is 0.870. The number of aryl methyl sites for hydroxylation is 1. The summed E-state index contributed by atoms with van der Waals surface area (Å²) >= 11 is 0. The largest absolute Gasteiger partial charge is 0.483 e. The Balaban J connectivity index is 2.75. The van der Waals surface area contributed by atoms with Gasteiger partial charge < -0.3 is 15.4 Å². The van der Waals surface area contributed by atoms with Gasteiger partial charge in [-0.3, -0.25) is 4.79 Å². The topological polar surface area (TPSA) is 50.4 Å². The number of hydrogen-bond acceptors (Lipinski definition) is 3. The summed E-state index contributed by atoms with van der Waals surface area (Å²) < 4.78 is 5.67. The highest BCUT2D eigenvalue weighted by Gasteiger charge is 2.15. The number of amides is 1. The van der Waals surface area contributed by atoms with E-state index in [1.165, 1.54) is 5.56 Å². The average molecular weight is 278 g/mol. The van der Waals surface area contributed by atoms with E-state index >= 15 is 0 Å². The van der Waals surface area contributed by atoms with Gasteiger partial charge in [0.1, 0.15) is 5.75 Å². The van der Waals surface area contributed by atoms with Crippen molar-refractivity contribution in [2.24, 2.45) is 0 Å². The molecule has 4 heteroatoms. The third-order valence-electron chi connectivity index (χ3n) is 2.94. The molecule has 1 aromatic carbocycles. The lowest BCUT2D eigenvalue weighted by atomic mass is 10.0. The van der Waals surface area contributed by atoms with Crippen molar-refractivity contribution in [2.75, 3.05) is 13.7 Å². The van der Waals surface area contributed by atoms with E-state index in [1.54, 1.807) is 0 Å². The first-order valence-corrected chi connectivity index (χ1v) is 6.94. The minimum atomic E-state index is -0.241. The van der Waals surface area contributed by atoms with E-state index in [4.69, 9.17) is 4.74 Å². The highest BCUT2D eigenvalue weighted by atomic mass is 16.5. The Morgan fingerprint density at radius 1 is 1.35 bits per heavy atom. The Labute approximate surface area is 121 Å². The molecule has 0 fully saturated rings. The molecule has 112 valence electrons. The first-order chi connectivity index (χ1) is 9.23. The van der Waals surface area contributed by atoms with Gasteiger partial charge in [0, 0.05) is 17.1 Å². The summed E-state index contributed by atoms with van der Waals surface area (Å²) in [5, 5.41) is 6.08. The van der Waals surface area contributed by atoms with Gasteiger partial charge in [0.05, 0.1) is 0 Å². The average Bonchev–Trinajstić information content (AvgIpc) is 2.34. The highest BCUT2D eigenvalue weighted by Crippen LogP contribution is 2.26. The molecule has 0 spiro atoms. The molecular formula is C16H26N2O2. The number of rotatable bonds is 5. The van der Waals surface area contributed by atoms with Crippen LogP contribution in [0, 0.1) is 6.92 Å². The second-order valence-electron chi connectivity index (χ2n) is 6.14. The summed E-state index contributed by atoms with van der Waals surface area (Å²) in [6.45, 7) is 9.99. The fraction of sp³-hybridized carbons (Fsp3) is 0.562. The normalized spacial score (nSPS) is 12.9. The van der Waals surface area contributed by atoms with Gasteiger partial charge in [0.15, 0.2) is 6.61 Å². The summed E-state index contributed by atoms with van der Waals surface area (Å²) in [6, 6.07) is 6.17. The summed E-state index contributed by atoms with van der Waals surface area (Å²) in [5.74, 6) is 0.641. The first-order valence-electron chi connectivity index (χ1n) is 6.94. The standard InChI is InChI=1S/C16H26N2O2/c1-11-7-8-14(13(9-11)12(2)17-6)20-10-15(19)18-16(3,4)5/h7-9,12,17H,10H2,1-6H3,(H,18,19). The molecule has 2 N–H and O–H groups in total. The van der Waals surface area contributed by atoms with Gasteiger partial charge in [0.2, 0.25) is 0 Å². The van der Waals surface area contributed by atoms with Crippen molar-refractivity contribution in [3.05, 3.63) is 29.3 Å². The van der Waals surface area contributed by atoms with Crippen LogP contribution in [0.2, 0.25) is 0 Å². The second-order valence-corrected chi connectivity index (χ2v) is 6.14. The molecule has 0 aromatic heterocycles. The van der Waals surface area contributed by atoms with Crippen LogP contribution in [0.15, 0.2) is 18.2 Å². The first kappa shape index (κ1) is 16.5. The molecule has 0 aliphatic rings. The lowest BCUT2D eigenvalue weighted by Gasteiger charge is -2.21. The van der Waals surface area contributed by atoms with Crippen molar-refractivity contribution < 1.29 is 9.53 Å². The smallest absolute Gasteiger partial charge is 0.258 e. The maximum absolute atomic E-state index is 11.8. The van der Waals surface area contributed by atoms with Crippen LogP contribution in [0.3, 0.4) is 0 Å². The minimum absolute atomic E-state index is 0.0315. The van der Waals surface area contributed by atoms with Crippen LogP contribution in [0.1, 0.15) is 44.9 Å². The molecule has 0 aliphatic carbocycles. The molecule has 1 atom stereocenters. The van der Waals surface area contributed by atoms with Gasteiger partial charge in [-0.2, -0.15) is 0 Å². The number of benzene rings is 1. The molecule has 1 aromatic rings. The Kier molecular flexibility index (Phi) is 5.57. The lowest BCUT2D eigenvalue weighted by molar-refractivity contribution is -0.124. The van der Waals surface area contributed by atoms with E-state index in [-0.39, 0.29) is 24.1 Å². The maximum atomic E-state index is 11.8. The third-order valence-corrected chi connectivity index (χ3v) is 2.94. The molecule has 0 saturated carbocycles. The zero-order valence-corrected chi connectivity index (χ0v) is 13.3. The summed E-state index contributed by atoms with van der Waals surface area (Å²) in [4.78, 5) is 11.8. The van der Waals surface area contributed by atoms with E-state index in [2.05, 4.69) is 23.6 Å². The number of carbonyl (C=O) groups is 1. The molecule has 0 radical (unpaired) electrons. The van der Waals surface area contributed by atoms with Gasteiger partial charge in [0.25, 0.3) is 5.91 Å². The number of carbonyl (C=O) groups excluding carboxylic acids is 1. The van der Waals surface area contributed by atoms with Crippen molar-refractivity contribution in [3.63, 3.8) is 0 Å². The molecule has 0 heterocycles. The van der Waals surface area contributed by atoms with Gasteiger partial charge in [-0.05, 0) is 47.7 Å². The summed E-state index contributed by atoms with van der Waals surface area (Å²) in [5.41, 5.74) is 2.00. The summed E-state index contributed by atoms with van der Waals surface area (Å²) in [6.07, 6.45) is 0. The number of ether oxygens (including phenoxy) is 1. The molecule has 1 amide bonds. The van der Waals surface area contributed by atoms with Gasteiger partial charge >= 0.3 is 0 Å². The van der Waals surface area contributed by atoms with Crippen molar-refractivity contribution in [2.45, 2.75) is 46.2 Å². The molecule has 1 unspecified atom stereocenters. The van der Waals surface area contributed by atoms with E-state index in [9.17, 15) is 4.79 Å². The fourth-order valence-corrected chi connectivity index (χ4v) is 1.89.